The molecule has 0 bridgehead atoms. The number of fused-ring (bicyclic) bond motifs is 1. The molecule has 0 aromatic heterocycles. The van der Waals surface area contributed by atoms with Gasteiger partial charge >= 0.3 is 5.97 Å². The SMILES string of the molecule is CCC1(CC)C[C@H](CCN2CC3CN(c4cccc(C)c4)CC3C2)OC1=O. The highest BCUT2D eigenvalue weighted by atomic mass is 16.6. The Bertz CT molecular complexity index is 671. The minimum atomic E-state index is -0.208. The summed E-state index contributed by atoms with van der Waals surface area (Å²) in [6, 6.07) is 8.89. The topological polar surface area (TPSA) is 32.8 Å². The van der Waals surface area contributed by atoms with E-state index >= 15 is 0 Å². The van der Waals surface area contributed by atoms with E-state index in [1.807, 2.05) is 0 Å². The summed E-state index contributed by atoms with van der Waals surface area (Å²) in [4.78, 5) is 17.4. The molecule has 0 aliphatic carbocycles. The third kappa shape index (κ3) is 3.61. The van der Waals surface area contributed by atoms with Crippen LogP contribution in [0, 0.1) is 24.2 Å². The third-order valence-electron chi connectivity index (χ3n) is 7.37. The van der Waals surface area contributed by atoms with Crippen LogP contribution in [0.1, 0.15) is 45.1 Å². The van der Waals surface area contributed by atoms with Crippen LogP contribution in [0.2, 0.25) is 0 Å². The zero-order valence-electron chi connectivity index (χ0n) is 17.1. The van der Waals surface area contributed by atoms with Crippen molar-refractivity contribution in [2.75, 3.05) is 37.6 Å². The molecule has 3 fully saturated rings. The van der Waals surface area contributed by atoms with Crippen molar-refractivity contribution in [1.29, 1.82) is 0 Å². The van der Waals surface area contributed by atoms with Crippen LogP contribution in [0.3, 0.4) is 0 Å². The molecule has 27 heavy (non-hydrogen) atoms. The first-order valence-electron chi connectivity index (χ1n) is 10.8. The Kier molecular flexibility index (Phi) is 5.19. The molecule has 3 aliphatic heterocycles. The Hall–Kier alpha value is -1.55. The molecular formula is C23H34N2O2. The summed E-state index contributed by atoms with van der Waals surface area (Å²) >= 11 is 0. The van der Waals surface area contributed by atoms with Gasteiger partial charge in [0.15, 0.2) is 0 Å². The largest absolute Gasteiger partial charge is 0.462 e. The summed E-state index contributed by atoms with van der Waals surface area (Å²) in [6.45, 7) is 12.2. The van der Waals surface area contributed by atoms with E-state index in [1.54, 1.807) is 0 Å². The first-order valence-corrected chi connectivity index (χ1v) is 10.8. The summed E-state index contributed by atoms with van der Waals surface area (Å²) in [5, 5.41) is 0. The average molecular weight is 371 g/mol. The second kappa shape index (κ2) is 7.46. The lowest BCUT2D eigenvalue weighted by atomic mass is 9.79. The number of hydrogen-bond acceptors (Lipinski definition) is 4. The molecule has 0 amide bonds. The van der Waals surface area contributed by atoms with Gasteiger partial charge in [0.2, 0.25) is 0 Å². The van der Waals surface area contributed by atoms with Gasteiger partial charge in [-0.3, -0.25) is 4.79 Å². The van der Waals surface area contributed by atoms with Gasteiger partial charge in [0.25, 0.3) is 0 Å². The number of nitrogens with zero attached hydrogens (tertiary/aromatic N) is 2. The number of esters is 1. The zero-order valence-corrected chi connectivity index (χ0v) is 17.1. The van der Waals surface area contributed by atoms with E-state index in [4.69, 9.17) is 4.74 Å². The number of aryl methyl sites for hydroxylation is 1. The van der Waals surface area contributed by atoms with Gasteiger partial charge in [0, 0.05) is 44.8 Å². The highest BCUT2D eigenvalue weighted by Gasteiger charge is 2.46. The molecule has 4 nitrogen and oxygen atoms in total. The molecule has 2 unspecified atom stereocenters. The third-order valence-corrected chi connectivity index (χ3v) is 7.37. The maximum absolute atomic E-state index is 12.3. The van der Waals surface area contributed by atoms with Crippen molar-refractivity contribution in [3.63, 3.8) is 0 Å². The first-order chi connectivity index (χ1) is 13.0. The van der Waals surface area contributed by atoms with Crippen LogP contribution in [0.4, 0.5) is 5.69 Å². The molecular weight excluding hydrogens is 336 g/mol. The van der Waals surface area contributed by atoms with Gasteiger partial charge in [-0.2, -0.15) is 0 Å². The highest BCUT2D eigenvalue weighted by molar-refractivity contribution is 5.78. The van der Waals surface area contributed by atoms with E-state index in [2.05, 4.69) is 54.8 Å². The van der Waals surface area contributed by atoms with Gasteiger partial charge in [-0.1, -0.05) is 26.0 Å². The van der Waals surface area contributed by atoms with Crippen LogP contribution in [0.25, 0.3) is 0 Å². The fraction of sp³-hybridized carbons (Fsp3) is 0.696. The lowest BCUT2D eigenvalue weighted by molar-refractivity contribution is -0.149. The minimum absolute atomic E-state index is 0.0459. The molecule has 3 aliphatic rings. The molecule has 148 valence electrons. The number of cyclic esters (lactones) is 1. The fourth-order valence-electron chi connectivity index (χ4n) is 5.46. The van der Waals surface area contributed by atoms with E-state index in [0.717, 1.165) is 44.1 Å². The normalized spacial score (nSPS) is 30.0. The van der Waals surface area contributed by atoms with E-state index in [-0.39, 0.29) is 17.5 Å². The van der Waals surface area contributed by atoms with Crippen LogP contribution in [-0.4, -0.2) is 49.7 Å². The number of carbonyl (C=O) groups is 1. The summed E-state index contributed by atoms with van der Waals surface area (Å²) in [7, 11) is 0. The Labute approximate surface area is 163 Å². The first kappa shape index (κ1) is 18.8. The van der Waals surface area contributed by atoms with Crippen molar-refractivity contribution in [3.05, 3.63) is 29.8 Å². The summed E-state index contributed by atoms with van der Waals surface area (Å²) in [5.41, 5.74) is 2.51. The maximum Gasteiger partial charge on any atom is 0.312 e. The number of hydrogen-bond donors (Lipinski definition) is 0. The van der Waals surface area contributed by atoms with Crippen LogP contribution in [0.15, 0.2) is 24.3 Å². The van der Waals surface area contributed by atoms with Crippen LogP contribution in [-0.2, 0) is 9.53 Å². The lowest BCUT2D eigenvalue weighted by Crippen LogP contribution is -2.30. The van der Waals surface area contributed by atoms with E-state index in [9.17, 15) is 4.79 Å². The Morgan fingerprint density at radius 3 is 2.41 bits per heavy atom. The van der Waals surface area contributed by atoms with Gasteiger partial charge in [-0.25, -0.2) is 0 Å². The molecule has 4 heteroatoms. The number of rotatable bonds is 6. The minimum Gasteiger partial charge on any atom is -0.462 e. The van der Waals surface area contributed by atoms with Crippen LogP contribution in [0.5, 0.6) is 0 Å². The molecule has 0 N–H and O–H groups in total. The van der Waals surface area contributed by atoms with Crippen molar-refractivity contribution >= 4 is 11.7 Å². The summed E-state index contributed by atoms with van der Waals surface area (Å²) in [6.07, 6.45) is 3.85. The van der Waals surface area contributed by atoms with Gasteiger partial charge < -0.3 is 14.5 Å². The number of anilines is 1. The van der Waals surface area contributed by atoms with Gasteiger partial charge in [-0.15, -0.1) is 0 Å². The second-order valence-corrected chi connectivity index (χ2v) is 9.03. The molecule has 1 aromatic rings. The monoisotopic (exact) mass is 370 g/mol. The predicted molar refractivity (Wildman–Crippen MR) is 109 cm³/mol. The summed E-state index contributed by atoms with van der Waals surface area (Å²) in [5.74, 6) is 1.61. The maximum atomic E-state index is 12.3. The number of benzene rings is 1. The van der Waals surface area contributed by atoms with Crippen LogP contribution < -0.4 is 4.90 Å². The van der Waals surface area contributed by atoms with Crippen molar-refractivity contribution < 1.29 is 9.53 Å². The molecule has 0 saturated carbocycles. The van der Waals surface area contributed by atoms with Crippen molar-refractivity contribution in [2.45, 2.75) is 52.6 Å². The summed E-state index contributed by atoms with van der Waals surface area (Å²) < 4.78 is 5.73. The van der Waals surface area contributed by atoms with E-state index in [0.29, 0.717) is 0 Å². The van der Waals surface area contributed by atoms with Crippen molar-refractivity contribution in [3.8, 4) is 0 Å². The zero-order chi connectivity index (χ0) is 19.0. The van der Waals surface area contributed by atoms with E-state index in [1.165, 1.54) is 37.4 Å². The Morgan fingerprint density at radius 2 is 1.81 bits per heavy atom. The van der Waals surface area contributed by atoms with Gasteiger partial charge in [-0.05, 0) is 55.7 Å². The van der Waals surface area contributed by atoms with Crippen molar-refractivity contribution in [1.82, 2.24) is 4.90 Å². The van der Waals surface area contributed by atoms with Gasteiger partial charge in [0.1, 0.15) is 6.10 Å². The molecule has 4 rings (SSSR count). The molecule has 0 spiro atoms. The van der Waals surface area contributed by atoms with Crippen molar-refractivity contribution in [2.24, 2.45) is 17.3 Å². The number of likely N-dealkylation sites (tertiary alicyclic amines) is 1. The van der Waals surface area contributed by atoms with Crippen LogP contribution >= 0.6 is 0 Å². The molecule has 0 radical (unpaired) electrons. The Morgan fingerprint density at radius 1 is 1.11 bits per heavy atom. The molecule has 3 atom stereocenters. The van der Waals surface area contributed by atoms with E-state index < -0.39 is 0 Å². The predicted octanol–water partition coefficient (Wildman–Crippen LogP) is 3.88. The smallest absolute Gasteiger partial charge is 0.312 e. The number of carbonyl (C=O) groups excluding carboxylic acids is 1. The lowest BCUT2D eigenvalue weighted by Gasteiger charge is -2.24. The van der Waals surface area contributed by atoms with Gasteiger partial charge in [0.05, 0.1) is 5.41 Å². The quantitative estimate of drug-likeness (QED) is 0.712. The molecule has 3 saturated heterocycles. The second-order valence-electron chi connectivity index (χ2n) is 9.03. The standard InChI is InChI=1S/C23H34N2O2/c1-4-23(5-2)12-21(27-22(23)26)9-10-24-13-18-15-25(16-19(18)14-24)20-8-6-7-17(3)11-20/h6-8,11,18-19,21H,4-5,9-10,12-16H2,1-3H3/t18?,19?,21-/m0/s1. The molecule has 3 heterocycles. The molecule has 1 aromatic carbocycles. The Balaban J connectivity index is 1.26. The number of ether oxygens (including phenoxy) is 1. The average Bonchev–Trinajstić information content (AvgIpc) is 3.31. The highest BCUT2D eigenvalue weighted by Crippen LogP contribution is 2.41. The fourth-order valence-corrected chi connectivity index (χ4v) is 5.46.